The van der Waals surface area contributed by atoms with Gasteiger partial charge < -0.3 is 19.4 Å². The van der Waals surface area contributed by atoms with Gasteiger partial charge in [0.2, 0.25) is 5.91 Å². The normalized spacial score (nSPS) is 11.8. The van der Waals surface area contributed by atoms with Gasteiger partial charge in [-0.05, 0) is 38.5 Å². The van der Waals surface area contributed by atoms with E-state index in [1.165, 1.54) is 19.1 Å². The molecule has 1 atom stereocenters. The molecule has 150 valence electrons. The number of esters is 1. The van der Waals surface area contributed by atoms with E-state index in [0.29, 0.717) is 22.5 Å². The Hall–Kier alpha value is -3.00. The molecule has 2 heterocycles. The van der Waals surface area contributed by atoms with Crippen molar-refractivity contribution in [2.75, 3.05) is 20.8 Å². The van der Waals surface area contributed by atoms with E-state index in [9.17, 15) is 14.4 Å². The monoisotopic (exact) mass is 387 g/mol. The molecule has 0 spiro atoms. The third-order valence-electron chi connectivity index (χ3n) is 4.57. The predicted molar refractivity (Wildman–Crippen MR) is 102 cm³/mol. The second kappa shape index (κ2) is 9.27. The highest BCUT2D eigenvalue weighted by atomic mass is 16.5. The Balaban J connectivity index is 2.37. The fraction of sp³-hybridized carbons (Fsp3) is 0.400. The van der Waals surface area contributed by atoms with Crippen molar-refractivity contribution >= 4 is 17.7 Å². The summed E-state index contributed by atoms with van der Waals surface area (Å²) in [6.45, 7) is 5.06. The van der Waals surface area contributed by atoms with Crippen molar-refractivity contribution < 1.29 is 23.9 Å². The van der Waals surface area contributed by atoms with Gasteiger partial charge >= 0.3 is 5.97 Å². The summed E-state index contributed by atoms with van der Waals surface area (Å²) in [4.78, 5) is 46.3. The number of ether oxygens (including phenoxy) is 2. The zero-order valence-corrected chi connectivity index (χ0v) is 16.7. The lowest BCUT2D eigenvalue weighted by Crippen LogP contribution is -2.44. The van der Waals surface area contributed by atoms with Crippen molar-refractivity contribution in [3.05, 3.63) is 52.6 Å². The van der Waals surface area contributed by atoms with Gasteiger partial charge in [-0.2, -0.15) is 0 Å². The number of ketones is 1. The Morgan fingerprint density at radius 3 is 2.50 bits per heavy atom. The number of nitrogens with one attached hydrogen (secondary N) is 1. The lowest BCUT2D eigenvalue weighted by molar-refractivity contribution is -0.137. The van der Waals surface area contributed by atoms with Gasteiger partial charge in [-0.1, -0.05) is 6.07 Å². The number of Topliss-reactive ketones (excluding diaryl/α,β-unsaturated/α-hetero) is 1. The summed E-state index contributed by atoms with van der Waals surface area (Å²) in [6, 6.07) is 4.60. The Morgan fingerprint density at radius 1 is 1.21 bits per heavy atom. The first-order valence-corrected chi connectivity index (χ1v) is 8.81. The van der Waals surface area contributed by atoms with Crippen LogP contribution in [-0.2, 0) is 20.8 Å². The highest BCUT2D eigenvalue weighted by Gasteiger charge is 2.31. The summed E-state index contributed by atoms with van der Waals surface area (Å²) < 4.78 is 9.72. The standard InChI is InChI=1S/C20H25N3O5/c1-12-17(13(2)22-18(12)20(26)28-5)19(25)14(3)23(16(24)11-27-4)10-15-8-6-7-9-21-15/h6-9,14,22H,10-11H2,1-5H3. The quantitative estimate of drug-likeness (QED) is 0.550. The first kappa shape index (κ1) is 21.3. The molecular formula is C20H25N3O5. The van der Waals surface area contributed by atoms with Crippen molar-refractivity contribution in [1.82, 2.24) is 14.9 Å². The molecule has 0 radical (unpaired) electrons. The minimum atomic E-state index is -0.775. The van der Waals surface area contributed by atoms with E-state index in [0.717, 1.165) is 0 Å². The number of aromatic nitrogens is 2. The van der Waals surface area contributed by atoms with Gasteiger partial charge in [0.25, 0.3) is 0 Å². The Labute approximate surface area is 163 Å². The SMILES string of the molecule is COCC(=O)N(Cc1ccccn1)C(C)C(=O)c1c(C)[nH]c(C(=O)OC)c1C. The molecule has 0 aliphatic carbocycles. The summed E-state index contributed by atoms with van der Waals surface area (Å²) in [6.07, 6.45) is 1.63. The number of carbonyl (C=O) groups excluding carboxylic acids is 3. The molecule has 2 aromatic rings. The summed E-state index contributed by atoms with van der Waals surface area (Å²) in [5.41, 5.74) is 2.31. The molecule has 0 bridgehead atoms. The maximum Gasteiger partial charge on any atom is 0.354 e. The van der Waals surface area contributed by atoms with Crippen molar-refractivity contribution in [2.24, 2.45) is 0 Å². The van der Waals surface area contributed by atoms with Crippen LogP contribution in [0.2, 0.25) is 0 Å². The van der Waals surface area contributed by atoms with Crippen LogP contribution in [0.15, 0.2) is 24.4 Å². The average Bonchev–Trinajstić information content (AvgIpc) is 2.99. The molecule has 1 N–H and O–H groups in total. The number of methoxy groups -OCH3 is 2. The number of H-pyrrole nitrogens is 1. The summed E-state index contributed by atoms with van der Waals surface area (Å²) in [5, 5.41) is 0. The second-order valence-corrected chi connectivity index (χ2v) is 6.43. The van der Waals surface area contributed by atoms with Gasteiger partial charge in [-0.3, -0.25) is 14.6 Å². The van der Waals surface area contributed by atoms with Crippen LogP contribution < -0.4 is 0 Å². The molecule has 2 rings (SSSR count). The molecule has 0 aliphatic heterocycles. The first-order chi connectivity index (χ1) is 13.3. The third kappa shape index (κ3) is 4.45. The van der Waals surface area contributed by atoms with Crippen LogP contribution in [0.1, 0.15) is 44.7 Å². The highest BCUT2D eigenvalue weighted by molar-refractivity contribution is 6.06. The van der Waals surface area contributed by atoms with Gasteiger partial charge in [0.05, 0.1) is 25.4 Å². The molecular weight excluding hydrogens is 362 g/mol. The molecule has 0 saturated heterocycles. The zero-order valence-electron chi connectivity index (χ0n) is 16.7. The molecule has 1 unspecified atom stereocenters. The van der Waals surface area contributed by atoms with E-state index in [-0.39, 0.29) is 30.5 Å². The summed E-state index contributed by atoms with van der Waals surface area (Å²) >= 11 is 0. The fourth-order valence-corrected chi connectivity index (χ4v) is 3.09. The molecule has 8 nitrogen and oxygen atoms in total. The zero-order chi connectivity index (χ0) is 20.8. The van der Waals surface area contributed by atoms with Crippen molar-refractivity contribution in [2.45, 2.75) is 33.4 Å². The number of aryl methyl sites for hydroxylation is 1. The van der Waals surface area contributed by atoms with Crippen LogP contribution in [-0.4, -0.2) is 59.4 Å². The maximum absolute atomic E-state index is 13.2. The first-order valence-electron chi connectivity index (χ1n) is 8.81. The minimum absolute atomic E-state index is 0.150. The number of amides is 1. The minimum Gasteiger partial charge on any atom is -0.464 e. The molecule has 2 aromatic heterocycles. The number of aromatic amines is 1. The number of carbonyl (C=O) groups is 3. The van der Waals surface area contributed by atoms with E-state index >= 15 is 0 Å². The van der Waals surface area contributed by atoms with E-state index < -0.39 is 12.0 Å². The Kier molecular flexibility index (Phi) is 7.06. The molecule has 0 aromatic carbocycles. The molecule has 0 saturated carbocycles. The molecule has 8 heteroatoms. The van der Waals surface area contributed by atoms with E-state index in [2.05, 4.69) is 9.97 Å². The summed E-state index contributed by atoms with van der Waals surface area (Å²) in [7, 11) is 2.70. The van der Waals surface area contributed by atoms with E-state index in [4.69, 9.17) is 9.47 Å². The number of nitrogens with zero attached hydrogens (tertiary/aromatic N) is 2. The van der Waals surface area contributed by atoms with Gasteiger partial charge in [-0.25, -0.2) is 4.79 Å². The predicted octanol–water partition coefficient (Wildman–Crippen LogP) is 2.06. The Bertz CT molecular complexity index is 860. The van der Waals surface area contributed by atoms with Crippen LogP contribution in [0.5, 0.6) is 0 Å². The molecule has 1 amide bonds. The highest BCUT2D eigenvalue weighted by Crippen LogP contribution is 2.22. The topological polar surface area (TPSA) is 102 Å². The van der Waals surface area contributed by atoms with Gasteiger partial charge in [0.1, 0.15) is 12.3 Å². The molecule has 28 heavy (non-hydrogen) atoms. The van der Waals surface area contributed by atoms with E-state index in [1.807, 2.05) is 6.07 Å². The van der Waals surface area contributed by atoms with Crippen LogP contribution in [0, 0.1) is 13.8 Å². The summed E-state index contributed by atoms with van der Waals surface area (Å²) in [5.74, 6) is -1.15. The lowest BCUT2D eigenvalue weighted by Gasteiger charge is -2.28. The number of pyridine rings is 1. The molecule has 0 aliphatic rings. The average molecular weight is 387 g/mol. The van der Waals surface area contributed by atoms with Gasteiger partial charge in [0.15, 0.2) is 5.78 Å². The second-order valence-electron chi connectivity index (χ2n) is 6.43. The number of hydrogen-bond acceptors (Lipinski definition) is 6. The maximum atomic E-state index is 13.2. The van der Waals surface area contributed by atoms with Crippen molar-refractivity contribution in [3.8, 4) is 0 Å². The largest absolute Gasteiger partial charge is 0.464 e. The number of hydrogen-bond donors (Lipinski definition) is 1. The lowest BCUT2D eigenvalue weighted by atomic mass is 9.99. The van der Waals surface area contributed by atoms with Crippen LogP contribution in [0.25, 0.3) is 0 Å². The smallest absolute Gasteiger partial charge is 0.354 e. The fourth-order valence-electron chi connectivity index (χ4n) is 3.09. The third-order valence-corrected chi connectivity index (χ3v) is 4.57. The van der Waals surface area contributed by atoms with Crippen LogP contribution in [0.3, 0.4) is 0 Å². The van der Waals surface area contributed by atoms with Crippen molar-refractivity contribution in [1.29, 1.82) is 0 Å². The van der Waals surface area contributed by atoms with Crippen LogP contribution in [0.4, 0.5) is 0 Å². The van der Waals surface area contributed by atoms with Crippen molar-refractivity contribution in [3.63, 3.8) is 0 Å². The van der Waals surface area contributed by atoms with E-state index in [1.54, 1.807) is 39.1 Å². The van der Waals surface area contributed by atoms with Gasteiger partial charge in [0, 0.05) is 24.6 Å². The van der Waals surface area contributed by atoms with Gasteiger partial charge in [-0.15, -0.1) is 0 Å². The molecule has 0 fully saturated rings. The number of rotatable bonds is 8. The van der Waals surface area contributed by atoms with Crippen LogP contribution >= 0.6 is 0 Å². The Morgan fingerprint density at radius 2 is 1.93 bits per heavy atom.